The Labute approximate surface area is 191 Å². The van der Waals surface area contributed by atoms with Crippen molar-refractivity contribution < 1.29 is 17.9 Å². The molecule has 0 atom stereocenters. The van der Waals surface area contributed by atoms with Crippen LogP contribution < -0.4 is 10.0 Å². The summed E-state index contributed by atoms with van der Waals surface area (Å²) in [5, 5.41) is 1.55. The van der Waals surface area contributed by atoms with Gasteiger partial charge >= 0.3 is 5.97 Å². The van der Waals surface area contributed by atoms with Crippen molar-refractivity contribution in [3.63, 3.8) is 0 Å². The van der Waals surface area contributed by atoms with Gasteiger partial charge in [-0.2, -0.15) is 0 Å². The molecular weight excluding hydrogens is 459 g/mol. The van der Waals surface area contributed by atoms with Crippen LogP contribution in [0.15, 0.2) is 59.5 Å². The summed E-state index contributed by atoms with van der Waals surface area (Å²) in [5.74, 6) is -0.704. The number of nitrogen functional groups attached to an aromatic ring is 1. The summed E-state index contributed by atoms with van der Waals surface area (Å²) in [5.41, 5.74) is 6.06. The number of carbonyl (C=O) groups excluding carboxylic acids is 1. The number of sulfonamides is 1. The Bertz CT molecular complexity index is 1230. The number of benzene rings is 3. The highest BCUT2D eigenvalue weighted by molar-refractivity contribution is 7.92. The first-order valence-corrected chi connectivity index (χ1v) is 11.6. The number of hydrogen-bond donors (Lipinski definition) is 1. The van der Waals surface area contributed by atoms with Crippen molar-refractivity contribution >= 4 is 61.3 Å². The summed E-state index contributed by atoms with van der Waals surface area (Å²) in [4.78, 5) is 12.5. The Morgan fingerprint density at radius 2 is 1.58 bits per heavy atom. The molecule has 3 rings (SSSR count). The van der Waals surface area contributed by atoms with Crippen LogP contribution in [0.1, 0.15) is 20.8 Å². The van der Waals surface area contributed by atoms with Crippen LogP contribution in [0.2, 0.25) is 10.0 Å². The van der Waals surface area contributed by atoms with Crippen LogP contribution in [-0.4, -0.2) is 26.5 Å². The summed E-state index contributed by atoms with van der Waals surface area (Å²) < 4.78 is 33.6. The number of nitrogens with zero attached hydrogens (tertiary/aromatic N) is 1. The summed E-state index contributed by atoms with van der Waals surface area (Å²) in [6, 6.07) is 14.2. The zero-order valence-electron chi connectivity index (χ0n) is 17.2. The lowest BCUT2D eigenvalue weighted by atomic mass is 10.1. The minimum atomic E-state index is -4.23. The maximum atomic E-state index is 13.6. The van der Waals surface area contributed by atoms with Gasteiger partial charge in [-0.3, -0.25) is 9.10 Å². The van der Waals surface area contributed by atoms with Gasteiger partial charge in [0.2, 0.25) is 0 Å². The number of halogens is 2. The Morgan fingerprint density at radius 1 is 1.00 bits per heavy atom. The van der Waals surface area contributed by atoms with Gasteiger partial charge in [0.15, 0.2) is 0 Å². The van der Waals surface area contributed by atoms with Gasteiger partial charge < -0.3 is 10.5 Å². The van der Waals surface area contributed by atoms with E-state index in [4.69, 9.17) is 33.7 Å². The standard InChI is InChI=1S/C22H22Cl2N2O4S/c1-22(2,3)30-21(27)13-26(31(28,29)16-11-14(23)10-15(24)12-16)20-9-5-6-17-18(20)7-4-8-19(17)25/h4-12H,13,25H2,1-3H3. The maximum absolute atomic E-state index is 13.6. The topological polar surface area (TPSA) is 89.7 Å². The van der Waals surface area contributed by atoms with Crippen LogP contribution in [0.3, 0.4) is 0 Å². The zero-order valence-corrected chi connectivity index (χ0v) is 19.6. The largest absolute Gasteiger partial charge is 0.459 e. The molecule has 3 aromatic rings. The van der Waals surface area contributed by atoms with E-state index in [2.05, 4.69) is 0 Å². The Hall–Kier alpha value is -2.48. The minimum absolute atomic E-state index is 0.144. The highest BCUT2D eigenvalue weighted by Crippen LogP contribution is 2.34. The van der Waals surface area contributed by atoms with Crippen LogP contribution in [0.25, 0.3) is 10.8 Å². The first-order chi connectivity index (χ1) is 14.4. The fraction of sp³-hybridized carbons (Fsp3) is 0.227. The first-order valence-electron chi connectivity index (χ1n) is 9.36. The van der Waals surface area contributed by atoms with Crippen molar-refractivity contribution in [2.75, 3.05) is 16.6 Å². The molecule has 0 amide bonds. The van der Waals surface area contributed by atoms with Crippen molar-refractivity contribution in [2.24, 2.45) is 0 Å². The van der Waals surface area contributed by atoms with E-state index >= 15 is 0 Å². The second kappa shape index (κ2) is 8.57. The highest BCUT2D eigenvalue weighted by atomic mass is 35.5. The average Bonchev–Trinajstić information content (AvgIpc) is 2.64. The minimum Gasteiger partial charge on any atom is -0.459 e. The lowest BCUT2D eigenvalue weighted by Gasteiger charge is -2.27. The molecule has 0 spiro atoms. The van der Waals surface area contributed by atoms with E-state index in [1.54, 1.807) is 57.2 Å². The van der Waals surface area contributed by atoms with Gasteiger partial charge in [0.25, 0.3) is 10.0 Å². The smallest absolute Gasteiger partial charge is 0.327 e. The lowest BCUT2D eigenvalue weighted by molar-refractivity contribution is -0.152. The second-order valence-electron chi connectivity index (χ2n) is 7.92. The van der Waals surface area contributed by atoms with Crippen molar-refractivity contribution in [3.8, 4) is 0 Å². The van der Waals surface area contributed by atoms with E-state index in [-0.39, 0.29) is 20.6 Å². The van der Waals surface area contributed by atoms with E-state index in [1.807, 2.05) is 0 Å². The molecule has 0 unspecified atom stereocenters. The van der Waals surface area contributed by atoms with Crippen LogP contribution >= 0.6 is 23.2 Å². The SMILES string of the molecule is CC(C)(C)OC(=O)CN(c1cccc2c(N)cccc12)S(=O)(=O)c1cc(Cl)cc(Cl)c1. The highest BCUT2D eigenvalue weighted by Gasteiger charge is 2.31. The number of nitrogens with two attached hydrogens (primary N) is 1. The van der Waals surface area contributed by atoms with E-state index in [0.717, 1.165) is 4.31 Å². The van der Waals surface area contributed by atoms with Crippen molar-refractivity contribution in [2.45, 2.75) is 31.3 Å². The third-order valence-corrected chi connectivity index (χ3v) is 6.49. The number of hydrogen-bond acceptors (Lipinski definition) is 5. The quantitative estimate of drug-likeness (QED) is 0.396. The van der Waals surface area contributed by atoms with Gasteiger partial charge in [-0.1, -0.05) is 47.5 Å². The number of anilines is 2. The van der Waals surface area contributed by atoms with Gasteiger partial charge in [-0.05, 0) is 51.1 Å². The molecule has 3 aromatic carbocycles. The summed E-state index contributed by atoms with van der Waals surface area (Å²) in [7, 11) is -4.23. The molecule has 0 saturated carbocycles. The summed E-state index contributed by atoms with van der Waals surface area (Å²) >= 11 is 12.1. The maximum Gasteiger partial charge on any atom is 0.327 e. The van der Waals surface area contributed by atoms with Gasteiger partial charge in [0.1, 0.15) is 12.1 Å². The molecule has 0 aliphatic heterocycles. The van der Waals surface area contributed by atoms with E-state index in [0.29, 0.717) is 16.5 Å². The van der Waals surface area contributed by atoms with E-state index in [9.17, 15) is 13.2 Å². The Balaban J connectivity index is 2.21. The van der Waals surface area contributed by atoms with Crippen LogP contribution in [0.5, 0.6) is 0 Å². The Morgan fingerprint density at radius 3 is 2.19 bits per heavy atom. The van der Waals surface area contributed by atoms with Gasteiger partial charge in [0.05, 0.1) is 10.6 Å². The molecule has 0 aliphatic carbocycles. The monoisotopic (exact) mass is 480 g/mol. The average molecular weight is 481 g/mol. The van der Waals surface area contributed by atoms with Crippen molar-refractivity contribution in [3.05, 3.63) is 64.6 Å². The third kappa shape index (κ3) is 5.23. The number of esters is 1. The van der Waals surface area contributed by atoms with Crippen LogP contribution in [0, 0.1) is 0 Å². The molecule has 6 nitrogen and oxygen atoms in total. The normalized spacial score (nSPS) is 12.0. The van der Waals surface area contributed by atoms with Crippen LogP contribution in [0.4, 0.5) is 11.4 Å². The molecular formula is C22H22Cl2N2O4S. The predicted octanol–water partition coefficient (Wildman–Crippen LogP) is 5.27. The van der Waals surface area contributed by atoms with Crippen LogP contribution in [-0.2, 0) is 19.6 Å². The number of fused-ring (bicyclic) bond motifs is 1. The fourth-order valence-corrected chi connectivity index (χ4v) is 5.29. The molecule has 0 radical (unpaired) electrons. The molecule has 0 fully saturated rings. The molecule has 0 aromatic heterocycles. The number of ether oxygens (including phenoxy) is 1. The van der Waals surface area contributed by atoms with Crippen molar-refractivity contribution in [1.29, 1.82) is 0 Å². The molecule has 0 bridgehead atoms. The molecule has 0 heterocycles. The third-order valence-electron chi connectivity index (χ3n) is 4.32. The molecule has 164 valence electrons. The summed E-state index contributed by atoms with van der Waals surface area (Å²) in [6.45, 7) is 4.58. The Kier molecular flexibility index (Phi) is 6.41. The molecule has 0 aliphatic rings. The zero-order chi connectivity index (χ0) is 23.0. The molecule has 2 N–H and O–H groups in total. The fourth-order valence-electron chi connectivity index (χ4n) is 3.13. The second-order valence-corrected chi connectivity index (χ2v) is 10.7. The summed E-state index contributed by atoms with van der Waals surface area (Å²) in [6.07, 6.45) is 0. The molecule has 0 saturated heterocycles. The van der Waals surface area contributed by atoms with Gasteiger partial charge in [0, 0.05) is 26.5 Å². The van der Waals surface area contributed by atoms with Gasteiger partial charge in [-0.25, -0.2) is 8.42 Å². The van der Waals surface area contributed by atoms with Crippen molar-refractivity contribution in [1.82, 2.24) is 0 Å². The molecule has 9 heteroatoms. The van der Waals surface area contributed by atoms with E-state index in [1.165, 1.54) is 18.2 Å². The number of rotatable bonds is 5. The lowest BCUT2D eigenvalue weighted by Crippen LogP contribution is -2.39. The first kappa shape index (κ1) is 23.2. The molecule has 31 heavy (non-hydrogen) atoms. The number of carbonyl (C=O) groups is 1. The van der Waals surface area contributed by atoms with Gasteiger partial charge in [-0.15, -0.1) is 0 Å². The van der Waals surface area contributed by atoms with E-state index < -0.39 is 28.1 Å². The predicted molar refractivity (Wildman–Crippen MR) is 125 cm³/mol.